The zero-order valence-corrected chi connectivity index (χ0v) is 15.9. The standard InChI is InChI=1S/C19H33NO2S/c1-4-7-10-11-18-12-14-19(15-13-18)23(21,22)20(16-8-5-2)17-9-6-3/h12-15H,4-11,16-17H2,1-3H3. The molecule has 1 aromatic carbocycles. The molecule has 4 heteroatoms. The van der Waals surface area contributed by atoms with E-state index in [4.69, 9.17) is 0 Å². The van der Waals surface area contributed by atoms with E-state index in [9.17, 15) is 8.42 Å². The average molecular weight is 340 g/mol. The highest BCUT2D eigenvalue weighted by Crippen LogP contribution is 2.19. The third-order valence-electron chi connectivity index (χ3n) is 4.15. The van der Waals surface area contributed by atoms with Gasteiger partial charge in [0.1, 0.15) is 0 Å². The zero-order valence-electron chi connectivity index (χ0n) is 15.1. The zero-order chi connectivity index (χ0) is 17.1. The van der Waals surface area contributed by atoms with Gasteiger partial charge in [-0.05, 0) is 43.4 Å². The van der Waals surface area contributed by atoms with Crippen molar-refractivity contribution in [3.63, 3.8) is 0 Å². The number of benzene rings is 1. The molecule has 1 aromatic rings. The molecule has 132 valence electrons. The molecule has 0 N–H and O–H groups in total. The van der Waals surface area contributed by atoms with E-state index < -0.39 is 10.0 Å². The Morgan fingerprint density at radius 2 is 1.30 bits per heavy atom. The van der Waals surface area contributed by atoms with Crippen LogP contribution in [0.5, 0.6) is 0 Å². The molecule has 0 fully saturated rings. The van der Waals surface area contributed by atoms with Crippen LogP contribution in [0.1, 0.15) is 71.3 Å². The summed E-state index contributed by atoms with van der Waals surface area (Å²) in [5.74, 6) is 0. The number of nitrogens with zero attached hydrogens (tertiary/aromatic N) is 1. The summed E-state index contributed by atoms with van der Waals surface area (Å²) < 4.78 is 27.3. The maximum absolute atomic E-state index is 12.8. The maximum Gasteiger partial charge on any atom is 0.243 e. The molecule has 0 radical (unpaired) electrons. The number of hydrogen-bond donors (Lipinski definition) is 0. The van der Waals surface area contributed by atoms with Crippen molar-refractivity contribution in [1.82, 2.24) is 4.31 Å². The Morgan fingerprint density at radius 3 is 1.78 bits per heavy atom. The van der Waals surface area contributed by atoms with Gasteiger partial charge in [-0.25, -0.2) is 8.42 Å². The van der Waals surface area contributed by atoms with Gasteiger partial charge in [0.05, 0.1) is 4.90 Å². The second-order valence-electron chi connectivity index (χ2n) is 6.21. The smallest absolute Gasteiger partial charge is 0.207 e. The minimum absolute atomic E-state index is 0.434. The summed E-state index contributed by atoms with van der Waals surface area (Å²) >= 11 is 0. The van der Waals surface area contributed by atoms with Gasteiger partial charge in [-0.2, -0.15) is 4.31 Å². The molecule has 0 spiro atoms. The fourth-order valence-corrected chi connectivity index (χ4v) is 4.09. The third kappa shape index (κ3) is 6.64. The molecule has 0 aliphatic heterocycles. The Bertz CT molecular complexity index is 515. The van der Waals surface area contributed by atoms with E-state index in [2.05, 4.69) is 20.8 Å². The van der Waals surface area contributed by atoms with Crippen LogP contribution in [0.3, 0.4) is 0 Å². The molecule has 0 aliphatic carbocycles. The van der Waals surface area contributed by atoms with Crippen molar-refractivity contribution >= 4 is 10.0 Å². The fraction of sp³-hybridized carbons (Fsp3) is 0.684. The first-order chi connectivity index (χ1) is 11.1. The van der Waals surface area contributed by atoms with Crippen molar-refractivity contribution in [2.24, 2.45) is 0 Å². The fourth-order valence-electron chi connectivity index (χ4n) is 2.58. The predicted octanol–water partition coefficient (Wildman–Crippen LogP) is 5.01. The van der Waals surface area contributed by atoms with Crippen LogP contribution in [-0.4, -0.2) is 25.8 Å². The number of unbranched alkanes of at least 4 members (excludes halogenated alkanes) is 4. The molecule has 0 saturated carbocycles. The van der Waals surface area contributed by atoms with E-state index in [0.29, 0.717) is 18.0 Å². The predicted molar refractivity (Wildman–Crippen MR) is 98.2 cm³/mol. The summed E-state index contributed by atoms with van der Waals surface area (Å²) in [7, 11) is -3.35. The number of rotatable bonds is 12. The van der Waals surface area contributed by atoms with E-state index in [1.54, 1.807) is 16.4 Å². The van der Waals surface area contributed by atoms with Gasteiger partial charge in [-0.1, -0.05) is 58.6 Å². The van der Waals surface area contributed by atoms with Crippen LogP contribution < -0.4 is 0 Å². The topological polar surface area (TPSA) is 37.4 Å². The van der Waals surface area contributed by atoms with Gasteiger partial charge in [0, 0.05) is 13.1 Å². The normalized spacial score (nSPS) is 12.0. The maximum atomic E-state index is 12.8. The quantitative estimate of drug-likeness (QED) is 0.502. The van der Waals surface area contributed by atoms with Gasteiger partial charge in [0.25, 0.3) is 0 Å². The summed E-state index contributed by atoms with van der Waals surface area (Å²) in [6, 6.07) is 7.50. The van der Waals surface area contributed by atoms with Crippen molar-refractivity contribution in [2.45, 2.75) is 77.0 Å². The van der Waals surface area contributed by atoms with E-state index in [1.807, 2.05) is 12.1 Å². The Kier molecular flexibility index (Phi) is 9.49. The molecule has 0 bridgehead atoms. The molecule has 0 heterocycles. The van der Waals surface area contributed by atoms with E-state index >= 15 is 0 Å². The lowest BCUT2D eigenvalue weighted by molar-refractivity contribution is 0.395. The molecule has 0 aromatic heterocycles. The minimum atomic E-state index is -3.35. The van der Waals surface area contributed by atoms with Gasteiger partial charge >= 0.3 is 0 Å². The van der Waals surface area contributed by atoms with Crippen LogP contribution >= 0.6 is 0 Å². The monoisotopic (exact) mass is 339 g/mol. The molecule has 0 atom stereocenters. The summed E-state index contributed by atoms with van der Waals surface area (Å²) in [4.78, 5) is 0.434. The van der Waals surface area contributed by atoms with Crippen LogP contribution in [0.4, 0.5) is 0 Å². The number of hydrogen-bond acceptors (Lipinski definition) is 2. The van der Waals surface area contributed by atoms with Gasteiger partial charge in [-0.15, -0.1) is 0 Å². The summed E-state index contributed by atoms with van der Waals surface area (Å²) in [5.41, 5.74) is 1.23. The Labute approximate surface area is 143 Å². The van der Waals surface area contributed by atoms with Crippen molar-refractivity contribution < 1.29 is 8.42 Å². The van der Waals surface area contributed by atoms with Gasteiger partial charge in [0.2, 0.25) is 10.0 Å². The Balaban J connectivity index is 2.82. The average Bonchev–Trinajstić information content (AvgIpc) is 2.55. The first-order valence-electron chi connectivity index (χ1n) is 9.15. The Morgan fingerprint density at radius 1 is 0.783 bits per heavy atom. The molecule has 0 saturated heterocycles. The van der Waals surface area contributed by atoms with Crippen molar-refractivity contribution in [3.05, 3.63) is 29.8 Å². The van der Waals surface area contributed by atoms with E-state index in [-0.39, 0.29) is 0 Å². The van der Waals surface area contributed by atoms with Crippen LogP contribution in [0.25, 0.3) is 0 Å². The molecule has 0 amide bonds. The van der Waals surface area contributed by atoms with Crippen LogP contribution in [0, 0.1) is 0 Å². The van der Waals surface area contributed by atoms with Crippen molar-refractivity contribution in [1.29, 1.82) is 0 Å². The van der Waals surface area contributed by atoms with Gasteiger partial charge in [-0.3, -0.25) is 0 Å². The van der Waals surface area contributed by atoms with Crippen LogP contribution in [0.2, 0.25) is 0 Å². The minimum Gasteiger partial charge on any atom is -0.207 e. The van der Waals surface area contributed by atoms with Crippen LogP contribution in [0.15, 0.2) is 29.2 Å². The summed E-state index contributed by atoms with van der Waals surface area (Å²) in [6.07, 6.45) is 8.47. The molecular formula is C19H33NO2S. The van der Waals surface area contributed by atoms with Crippen LogP contribution in [-0.2, 0) is 16.4 Å². The third-order valence-corrected chi connectivity index (χ3v) is 6.07. The molecule has 3 nitrogen and oxygen atoms in total. The lowest BCUT2D eigenvalue weighted by Gasteiger charge is -2.22. The second kappa shape index (κ2) is 10.8. The second-order valence-corrected chi connectivity index (χ2v) is 8.15. The molecule has 1 rings (SSSR count). The van der Waals surface area contributed by atoms with E-state index in [0.717, 1.165) is 32.1 Å². The molecule has 23 heavy (non-hydrogen) atoms. The first kappa shape index (κ1) is 20.2. The SMILES string of the molecule is CCCCCc1ccc(S(=O)(=O)N(CCCC)CCCC)cc1. The highest BCUT2D eigenvalue weighted by Gasteiger charge is 2.23. The molecular weight excluding hydrogens is 306 g/mol. The molecule has 0 unspecified atom stereocenters. The number of aryl methyl sites for hydroxylation is 1. The van der Waals surface area contributed by atoms with E-state index in [1.165, 1.54) is 24.8 Å². The summed E-state index contributed by atoms with van der Waals surface area (Å²) in [6.45, 7) is 7.62. The lowest BCUT2D eigenvalue weighted by Crippen LogP contribution is -2.33. The van der Waals surface area contributed by atoms with Crippen molar-refractivity contribution in [2.75, 3.05) is 13.1 Å². The highest BCUT2D eigenvalue weighted by atomic mass is 32.2. The largest absolute Gasteiger partial charge is 0.243 e. The molecule has 0 aliphatic rings. The summed E-state index contributed by atoms with van der Waals surface area (Å²) in [5, 5.41) is 0. The van der Waals surface area contributed by atoms with Gasteiger partial charge in [0.15, 0.2) is 0 Å². The van der Waals surface area contributed by atoms with Crippen molar-refractivity contribution in [3.8, 4) is 0 Å². The van der Waals surface area contributed by atoms with Gasteiger partial charge < -0.3 is 0 Å². The Hall–Kier alpha value is -0.870. The highest BCUT2D eigenvalue weighted by molar-refractivity contribution is 7.89. The lowest BCUT2D eigenvalue weighted by atomic mass is 10.1. The first-order valence-corrected chi connectivity index (χ1v) is 10.6. The number of sulfonamides is 1.